The maximum Gasteiger partial charge on any atom is 0.251 e. The summed E-state index contributed by atoms with van der Waals surface area (Å²) in [5.41, 5.74) is 1.62. The number of rotatable bonds is 4. The SMILES string of the molecule is CNC(=O)C(O)C(c1ccccc1)N1CCOc2ccc(Cl)cc21. The van der Waals surface area contributed by atoms with Crippen LogP contribution < -0.4 is 15.0 Å². The van der Waals surface area contributed by atoms with Crippen molar-refractivity contribution in [1.29, 1.82) is 0 Å². The molecule has 0 aliphatic carbocycles. The van der Waals surface area contributed by atoms with Gasteiger partial charge in [0.25, 0.3) is 5.91 Å². The van der Waals surface area contributed by atoms with E-state index in [0.717, 1.165) is 11.3 Å². The quantitative estimate of drug-likeness (QED) is 0.892. The molecule has 1 heterocycles. The number of amides is 1. The van der Waals surface area contributed by atoms with E-state index in [2.05, 4.69) is 5.32 Å². The van der Waals surface area contributed by atoms with E-state index in [9.17, 15) is 9.90 Å². The molecule has 0 saturated heterocycles. The van der Waals surface area contributed by atoms with Gasteiger partial charge in [0.1, 0.15) is 12.4 Å². The molecule has 2 unspecified atom stereocenters. The fourth-order valence-corrected chi connectivity index (χ4v) is 3.14. The molecule has 3 rings (SSSR count). The summed E-state index contributed by atoms with van der Waals surface area (Å²) in [5, 5.41) is 13.7. The maximum atomic E-state index is 12.1. The fourth-order valence-electron chi connectivity index (χ4n) is 2.97. The highest BCUT2D eigenvalue weighted by molar-refractivity contribution is 6.31. The summed E-state index contributed by atoms with van der Waals surface area (Å²) in [6.45, 7) is 1.01. The first kappa shape index (κ1) is 16.6. The van der Waals surface area contributed by atoms with Gasteiger partial charge < -0.3 is 20.1 Å². The summed E-state index contributed by atoms with van der Waals surface area (Å²) in [7, 11) is 1.51. The second-order valence-electron chi connectivity index (χ2n) is 5.57. The highest BCUT2D eigenvalue weighted by Crippen LogP contribution is 2.39. The lowest BCUT2D eigenvalue weighted by molar-refractivity contribution is -0.130. The number of benzene rings is 2. The Morgan fingerprint density at radius 2 is 2.04 bits per heavy atom. The molecule has 0 spiro atoms. The normalized spacial score (nSPS) is 15.9. The van der Waals surface area contributed by atoms with Gasteiger partial charge in [0, 0.05) is 12.1 Å². The molecule has 5 nitrogen and oxygen atoms in total. The molecule has 2 N–H and O–H groups in total. The van der Waals surface area contributed by atoms with Crippen molar-refractivity contribution < 1.29 is 14.6 Å². The van der Waals surface area contributed by atoms with Crippen molar-refractivity contribution in [3.05, 3.63) is 59.1 Å². The molecule has 2 aromatic carbocycles. The highest BCUT2D eigenvalue weighted by Gasteiger charge is 2.35. The van der Waals surface area contributed by atoms with E-state index in [0.29, 0.717) is 23.9 Å². The topological polar surface area (TPSA) is 61.8 Å². The molecule has 6 heteroatoms. The van der Waals surface area contributed by atoms with E-state index in [1.54, 1.807) is 18.2 Å². The average molecular weight is 347 g/mol. The largest absolute Gasteiger partial charge is 0.490 e. The number of nitrogens with zero attached hydrogens (tertiary/aromatic N) is 1. The van der Waals surface area contributed by atoms with Crippen LogP contribution >= 0.6 is 11.6 Å². The van der Waals surface area contributed by atoms with Crippen LogP contribution in [0.15, 0.2) is 48.5 Å². The smallest absolute Gasteiger partial charge is 0.251 e. The standard InChI is InChI=1S/C18H19ClN2O3/c1-20-18(23)17(22)16(12-5-3-2-4-6-12)21-9-10-24-15-8-7-13(19)11-14(15)21/h2-8,11,16-17,22H,9-10H2,1H3,(H,20,23). The molecule has 2 aromatic rings. The molecule has 24 heavy (non-hydrogen) atoms. The molecule has 0 saturated carbocycles. The number of halogens is 1. The number of carbonyl (C=O) groups is 1. The van der Waals surface area contributed by atoms with E-state index >= 15 is 0 Å². The summed E-state index contributed by atoms with van der Waals surface area (Å²) < 4.78 is 5.68. The van der Waals surface area contributed by atoms with Crippen LogP contribution in [-0.4, -0.2) is 37.3 Å². The van der Waals surface area contributed by atoms with Crippen molar-refractivity contribution in [2.45, 2.75) is 12.1 Å². The van der Waals surface area contributed by atoms with Crippen LogP contribution in [0.1, 0.15) is 11.6 Å². The number of hydrogen-bond donors (Lipinski definition) is 2. The van der Waals surface area contributed by atoms with E-state index in [4.69, 9.17) is 16.3 Å². The number of nitrogens with one attached hydrogen (secondary N) is 1. The van der Waals surface area contributed by atoms with Gasteiger partial charge in [0.2, 0.25) is 0 Å². The molecular formula is C18H19ClN2O3. The van der Waals surface area contributed by atoms with Crippen LogP contribution in [0.5, 0.6) is 5.75 Å². The summed E-state index contributed by atoms with van der Waals surface area (Å²) in [6.07, 6.45) is -1.22. The third-order valence-corrected chi connectivity index (χ3v) is 4.35. The second kappa shape index (κ2) is 7.11. The number of aliphatic hydroxyl groups is 1. The van der Waals surface area contributed by atoms with Crippen molar-refractivity contribution in [3.8, 4) is 5.75 Å². The first-order valence-electron chi connectivity index (χ1n) is 7.75. The summed E-state index contributed by atoms with van der Waals surface area (Å²) >= 11 is 6.14. The molecule has 126 valence electrons. The second-order valence-corrected chi connectivity index (χ2v) is 6.00. The lowest BCUT2D eigenvalue weighted by atomic mass is 9.97. The molecule has 0 radical (unpaired) electrons. The molecule has 0 fully saturated rings. The van der Waals surface area contributed by atoms with Crippen molar-refractivity contribution in [3.63, 3.8) is 0 Å². The highest BCUT2D eigenvalue weighted by atomic mass is 35.5. The average Bonchev–Trinajstić information content (AvgIpc) is 2.62. The fraction of sp³-hybridized carbons (Fsp3) is 0.278. The van der Waals surface area contributed by atoms with Crippen LogP contribution in [0, 0.1) is 0 Å². The van der Waals surface area contributed by atoms with Gasteiger partial charge in [-0.15, -0.1) is 0 Å². The Bertz CT molecular complexity index is 723. The lowest BCUT2D eigenvalue weighted by Crippen LogP contribution is -2.47. The number of carbonyl (C=O) groups excluding carboxylic acids is 1. The predicted molar refractivity (Wildman–Crippen MR) is 93.5 cm³/mol. The zero-order chi connectivity index (χ0) is 17.1. The predicted octanol–water partition coefficient (Wildman–Crippen LogP) is 2.39. The van der Waals surface area contributed by atoms with E-state index in [1.165, 1.54) is 7.05 Å². The summed E-state index contributed by atoms with van der Waals surface area (Å²) in [5.74, 6) is 0.259. The minimum atomic E-state index is -1.22. The van der Waals surface area contributed by atoms with Gasteiger partial charge in [-0.25, -0.2) is 0 Å². The molecular weight excluding hydrogens is 328 g/mol. The molecule has 2 atom stereocenters. The van der Waals surface area contributed by atoms with Gasteiger partial charge in [-0.1, -0.05) is 41.9 Å². The monoisotopic (exact) mass is 346 g/mol. The van der Waals surface area contributed by atoms with Crippen LogP contribution in [0.2, 0.25) is 5.02 Å². The number of ether oxygens (including phenoxy) is 1. The summed E-state index contributed by atoms with van der Waals surface area (Å²) in [6, 6.07) is 14.3. The number of likely N-dealkylation sites (N-methyl/N-ethyl adjacent to an activating group) is 1. The Morgan fingerprint density at radius 3 is 2.75 bits per heavy atom. The van der Waals surface area contributed by atoms with E-state index in [-0.39, 0.29) is 0 Å². The Hall–Kier alpha value is -2.24. The Kier molecular flexibility index (Phi) is 4.92. The Balaban J connectivity index is 2.07. The Labute approximate surface area is 145 Å². The van der Waals surface area contributed by atoms with Crippen LogP contribution in [0.25, 0.3) is 0 Å². The van der Waals surface area contributed by atoms with E-state index < -0.39 is 18.1 Å². The molecule has 0 aromatic heterocycles. The first-order valence-corrected chi connectivity index (χ1v) is 8.13. The number of aliphatic hydroxyl groups excluding tert-OH is 1. The molecule has 1 amide bonds. The zero-order valence-electron chi connectivity index (χ0n) is 13.3. The van der Waals surface area contributed by atoms with Crippen LogP contribution in [0.3, 0.4) is 0 Å². The Morgan fingerprint density at radius 1 is 1.29 bits per heavy atom. The molecule has 0 bridgehead atoms. The molecule has 1 aliphatic heterocycles. The van der Waals surface area contributed by atoms with Crippen molar-refractivity contribution in [1.82, 2.24) is 5.32 Å². The van der Waals surface area contributed by atoms with Gasteiger partial charge in [0.05, 0.1) is 18.3 Å². The third-order valence-electron chi connectivity index (χ3n) is 4.11. The number of anilines is 1. The van der Waals surface area contributed by atoms with Crippen LogP contribution in [0.4, 0.5) is 5.69 Å². The van der Waals surface area contributed by atoms with Crippen molar-refractivity contribution >= 4 is 23.2 Å². The first-order chi connectivity index (χ1) is 11.6. The van der Waals surface area contributed by atoms with Crippen molar-refractivity contribution in [2.24, 2.45) is 0 Å². The van der Waals surface area contributed by atoms with Gasteiger partial charge >= 0.3 is 0 Å². The molecule has 1 aliphatic rings. The van der Waals surface area contributed by atoms with Crippen molar-refractivity contribution in [2.75, 3.05) is 25.1 Å². The minimum Gasteiger partial charge on any atom is -0.490 e. The lowest BCUT2D eigenvalue weighted by Gasteiger charge is -2.39. The van der Waals surface area contributed by atoms with Gasteiger partial charge in [0.15, 0.2) is 6.10 Å². The third kappa shape index (κ3) is 3.18. The summed E-state index contributed by atoms with van der Waals surface area (Å²) in [4.78, 5) is 14.1. The zero-order valence-corrected chi connectivity index (χ0v) is 14.0. The number of fused-ring (bicyclic) bond motifs is 1. The van der Waals surface area contributed by atoms with E-state index in [1.807, 2.05) is 35.2 Å². The maximum absolute atomic E-state index is 12.1. The van der Waals surface area contributed by atoms with Gasteiger partial charge in [-0.05, 0) is 23.8 Å². The minimum absolute atomic E-state index is 0.432. The number of hydrogen-bond acceptors (Lipinski definition) is 4. The van der Waals surface area contributed by atoms with Gasteiger partial charge in [-0.3, -0.25) is 4.79 Å². The van der Waals surface area contributed by atoms with Gasteiger partial charge in [-0.2, -0.15) is 0 Å². The van der Waals surface area contributed by atoms with Crippen LogP contribution in [-0.2, 0) is 4.79 Å².